The molecule has 0 bridgehead atoms. The first-order chi connectivity index (χ1) is 13.6. The molecule has 2 heterocycles. The number of rotatable bonds is 4. The zero-order valence-electron chi connectivity index (χ0n) is 17.8. The summed E-state index contributed by atoms with van der Waals surface area (Å²) in [4.78, 5) is 2.51. The maximum absolute atomic E-state index is 6.58. The van der Waals surface area contributed by atoms with Crippen molar-refractivity contribution in [1.82, 2.24) is 15.5 Å². The lowest BCUT2D eigenvalue weighted by Gasteiger charge is -2.41. The molecule has 2 saturated carbocycles. The summed E-state index contributed by atoms with van der Waals surface area (Å²) in [6, 6.07) is 0.594. The van der Waals surface area contributed by atoms with Crippen LogP contribution in [0.2, 0.25) is 0 Å². The van der Waals surface area contributed by atoms with Gasteiger partial charge in [0, 0.05) is 18.6 Å². The predicted octanol–water partition coefficient (Wildman–Crippen LogP) is 2.61. The molecule has 4 aliphatic rings. The van der Waals surface area contributed by atoms with Gasteiger partial charge >= 0.3 is 0 Å². The minimum Gasteiger partial charge on any atom is -0.375 e. The molecule has 0 spiro atoms. The van der Waals surface area contributed by atoms with E-state index in [9.17, 15) is 0 Å². The van der Waals surface area contributed by atoms with E-state index in [1.807, 2.05) is 0 Å². The molecule has 5 nitrogen and oxygen atoms in total. The maximum Gasteiger partial charge on any atom is 0.0762 e. The molecule has 0 aromatic rings. The molecule has 5 heteroatoms. The zero-order chi connectivity index (χ0) is 19.7. The Morgan fingerprint density at radius 1 is 0.964 bits per heavy atom. The Kier molecular flexibility index (Phi) is 6.64. The van der Waals surface area contributed by atoms with Crippen molar-refractivity contribution in [2.45, 2.75) is 108 Å². The van der Waals surface area contributed by atoms with E-state index in [1.54, 1.807) is 0 Å². The summed E-state index contributed by atoms with van der Waals surface area (Å²) in [5, 5.41) is 7.09. The average molecular weight is 389 g/mol. The minimum atomic E-state index is 0.0204. The van der Waals surface area contributed by atoms with Gasteiger partial charge in [-0.2, -0.15) is 0 Å². The molecule has 2 aliphatic heterocycles. The standard InChI is InChI=1S/C23H40N4O/c1-4-19-20(21-22(24)25-14-26-23(21)27(19)15(2)3)16-10-12-18(13-11-16)28-17-8-6-5-7-9-17/h1,15-23,25-26H,5-14,24H2,2-3H3. The van der Waals surface area contributed by atoms with Crippen molar-refractivity contribution in [3.63, 3.8) is 0 Å². The first-order valence-corrected chi connectivity index (χ1v) is 11.7. The van der Waals surface area contributed by atoms with E-state index < -0.39 is 0 Å². The number of terminal acetylenes is 1. The highest BCUT2D eigenvalue weighted by Crippen LogP contribution is 2.46. The first-order valence-electron chi connectivity index (χ1n) is 11.7. The van der Waals surface area contributed by atoms with Crippen LogP contribution < -0.4 is 16.4 Å². The van der Waals surface area contributed by atoms with Crippen LogP contribution in [-0.4, -0.2) is 48.2 Å². The summed E-state index contributed by atoms with van der Waals surface area (Å²) in [6.07, 6.45) is 18.8. The highest BCUT2D eigenvalue weighted by Gasteiger charge is 2.55. The SMILES string of the molecule is C#CC1C(C2CCC(OC3CCCCC3)CC2)C2C(N)NCNC2N1C(C)C. The molecule has 5 unspecified atom stereocenters. The fourth-order valence-corrected chi connectivity index (χ4v) is 6.58. The Bertz CT molecular complexity index is 547. The topological polar surface area (TPSA) is 62.6 Å². The molecule has 0 radical (unpaired) electrons. The second-order valence-electron chi connectivity index (χ2n) is 9.80. The van der Waals surface area contributed by atoms with Crippen molar-refractivity contribution in [1.29, 1.82) is 0 Å². The molecular weight excluding hydrogens is 348 g/mol. The van der Waals surface area contributed by atoms with E-state index in [1.165, 1.54) is 57.8 Å². The van der Waals surface area contributed by atoms with Gasteiger partial charge < -0.3 is 10.5 Å². The highest BCUT2D eigenvalue weighted by molar-refractivity contribution is 5.16. The molecule has 2 aliphatic carbocycles. The number of nitrogens with zero attached hydrogens (tertiary/aromatic N) is 1. The third-order valence-electron chi connectivity index (χ3n) is 7.85. The molecule has 4 fully saturated rings. The van der Waals surface area contributed by atoms with Gasteiger partial charge in [-0.25, -0.2) is 0 Å². The van der Waals surface area contributed by atoms with Gasteiger partial charge in [-0.3, -0.25) is 15.5 Å². The van der Waals surface area contributed by atoms with Gasteiger partial charge in [0.05, 0.1) is 30.6 Å². The van der Waals surface area contributed by atoms with Crippen molar-refractivity contribution in [2.24, 2.45) is 23.5 Å². The molecule has 4 N–H and O–H groups in total. The normalized spacial score (nSPS) is 43.0. The number of hydrogen-bond acceptors (Lipinski definition) is 5. The van der Waals surface area contributed by atoms with Gasteiger partial charge in [-0.15, -0.1) is 6.42 Å². The molecule has 158 valence electrons. The molecule has 4 rings (SSSR count). The van der Waals surface area contributed by atoms with Crippen LogP contribution in [0.1, 0.15) is 71.6 Å². The number of ether oxygens (including phenoxy) is 1. The smallest absolute Gasteiger partial charge is 0.0762 e. The number of hydrogen-bond donors (Lipinski definition) is 3. The largest absolute Gasteiger partial charge is 0.375 e. The van der Waals surface area contributed by atoms with E-state index in [-0.39, 0.29) is 12.2 Å². The number of nitrogens with two attached hydrogens (primary N) is 1. The summed E-state index contributed by atoms with van der Waals surface area (Å²) in [5.74, 6) is 4.65. The van der Waals surface area contributed by atoms with E-state index >= 15 is 0 Å². The number of likely N-dealkylation sites (tertiary alicyclic amines) is 1. The third-order valence-corrected chi connectivity index (χ3v) is 7.85. The van der Waals surface area contributed by atoms with E-state index in [2.05, 4.69) is 35.3 Å². The highest BCUT2D eigenvalue weighted by atomic mass is 16.5. The molecule has 0 aromatic carbocycles. The Morgan fingerprint density at radius 3 is 2.29 bits per heavy atom. The van der Waals surface area contributed by atoms with Crippen LogP contribution in [0, 0.1) is 30.1 Å². The molecule has 0 amide bonds. The molecule has 5 atom stereocenters. The molecule has 28 heavy (non-hydrogen) atoms. The lowest BCUT2D eigenvalue weighted by atomic mass is 9.70. The Balaban J connectivity index is 1.43. The molecule has 2 saturated heterocycles. The van der Waals surface area contributed by atoms with E-state index in [0.717, 1.165) is 6.67 Å². The number of nitrogens with one attached hydrogen (secondary N) is 2. The van der Waals surface area contributed by atoms with Crippen molar-refractivity contribution >= 4 is 0 Å². The quantitative estimate of drug-likeness (QED) is 0.646. The van der Waals surface area contributed by atoms with Crippen LogP contribution in [0.5, 0.6) is 0 Å². The van der Waals surface area contributed by atoms with Gasteiger partial charge in [0.2, 0.25) is 0 Å². The van der Waals surface area contributed by atoms with Crippen molar-refractivity contribution in [2.75, 3.05) is 6.67 Å². The summed E-state index contributed by atoms with van der Waals surface area (Å²) in [6.45, 7) is 5.28. The second kappa shape index (κ2) is 9.02. The van der Waals surface area contributed by atoms with Crippen molar-refractivity contribution in [3.8, 4) is 12.3 Å². The fraction of sp³-hybridized carbons (Fsp3) is 0.913. The van der Waals surface area contributed by atoms with Gasteiger partial charge in [0.15, 0.2) is 0 Å². The second-order valence-corrected chi connectivity index (χ2v) is 9.80. The van der Waals surface area contributed by atoms with Crippen LogP contribution >= 0.6 is 0 Å². The summed E-state index contributed by atoms with van der Waals surface area (Å²) in [5.41, 5.74) is 6.58. The van der Waals surface area contributed by atoms with Gasteiger partial charge in [-0.05, 0) is 64.2 Å². The summed E-state index contributed by atoms with van der Waals surface area (Å²) in [7, 11) is 0. The predicted molar refractivity (Wildman–Crippen MR) is 113 cm³/mol. The van der Waals surface area contributed by atoms with Crippen molar-refractivity contribution in [3.05, 3.63) is 0 Å². The van der Waals surface area contributed by atoms with Crippen LogP contribution in [0.4, 0.5) is 0 Å². The lowest BCUT2D eigenvalue weighted by Crippen LogP contribution is -2.64. The van der Waals surface area contributed by atoms with Gasteiger partial charge in [-0.1, -0.05) is 25.2 Å². The lowest BCUT2D eigenvalue weighted by molar-refractivity contribution is -0.0565. The average Bonchev–Trinajstić information content (AvgIpc) is 3.05. The third kappa shape index (κ3) is 4.00. The zero-order valence-corrected chi connectivity index (χ0v) is 17.8. The monoisotopic (exact) mass is 388 g/mol. The summed E-state index contributed by atoms with van der Waals surface area (Å²) >= 11 is 0. The van der Waals surface area contributed by atoms with E-state index in [4.69, 9.17) is 16.9 Å². The van der Waals surface area contributed by atoms with Gasteiger partial charge in [0.25, 0.3) is 0 Å². The van der Waals surface area contributed by atoms with Gasteiger partial charge in [0.1, 0.15) is 0 Å². The minimum absolute atomic E-state index is 0.0204. The van der Waals surface area contributed by atoms with Crippen LogP contribution in [0.25, 0.3) is 0 Å². The maximum atomic E-state index is 6.58. The number of fused-ring (bicyclic) bond motifs is 1. The Hall–Kier alpha value is -0.640. The first kappa shape index (κ1) is 20.6. The Morgan fingerprint density at radius 2 is 1.64 bits per heavy atom. The Labute approximate surface area is 171 Å². The molecular formula is C23H40N4O. The fourth-order valence-electron chi connectivity index (χ4n) is 6.58. The van der Waals surface area contributed by atoms with Crippen LogP contribution in [-0.2, 0) is 4.74 Å². The molecule has 0 aromatic heterocycles. The van der Waals surface area contributed by atoms with Crippen molar-refractivity contribution < 1.29 is 4.74 Å². The summed E-state index contributed by atoms with van der Waals surface area (Å²) < 4.78 is 6.48. The van der Waals surface area contributed by atoms with Crippen LogP contribution in [0.3, 0.4) is 0 Å². The van der Waals surface area contributed by atoms with E-state index in [0.29, 0.717) is 42.2 Å². The van der Waals surface area contributed by atoms with Crippen LogP contribution in [0.15, 0.2) is 0 Å².